The molecule has 1 heterocycles. The van der Waals surface area contributed by atoms with Gasteiger partial charge in [0.05, 0.1) is 16.8 Å². The van der Waals surface area contributed by atoms with Crippen molar-refractivity contribution in [3.8, 4) is 0 Å². The first-order chi connectivity index (χ1) is 11.9. The van der Waals surface area contributed by atoms with Crippen LogP contribution >= 0.6 is 0 Å². The number of hydrogen-bond donors (Lipinski definition) is 1. The molecular weight excluding hydrogens is 334 g/mol. The number of hydrogen-bond acceptors (Lipinski definition) is 3. The average molecular weight is 357 g/mol. The fraction of sp³-hybridized carbons (Fsp3) is 0.316. The minimum atomic E-state index is -3.32. The minimum absolute atomic E-state index is 0.0156. The Morgan fingerprint density at radius 2 is 1.88 bits per heavy atom. The van der Waals surface area contributed by atoms with Crippen molar-refractivity contribution in [2.75, 3.05) is 6.54 Å². The molecule has 6 heteroatoms. The van der Waals surface area contributed by atoms with E-state index >= 15 is 0 Å². The second-order valence-electron chi connectivity index (χ2n) is 6.30. The molecule has 0 atom stereocenters. The van der Waals surface area contributed by atoms with Crippen LogP contribution in [0.4, 0.5) is 0 Å². The van der Waals surface area contributed by atoms with Gasteiger partial charge in [-0.15, -0.1) is 0 Å². The maximum atomic E-state index is 12.2. The van der Waals surface area contributed by atoms with Crippen LogP contribution in [0.5, 0.6) is 0 Å². The molecule has 1 aromatic heterocycles. The van der Waals surface area contributed by atoms with Gasteiger partial charge in [-0.05, 0) is 38.0 Å². The highest BCUT2D eigenvalue weighted by Gasteiger charge is 2.11. The minimum Gasteiger partial charge on any atom is -0.328 e. The number of nitrogens with zero attached hydrogens (tertiary/aromatic N) is 2. The third kappa shape index (κ3) is 4.46. The normalized spacial score (nSPS) is 11.9. The third-order valence-electron chi connectivity index (χ3n) is 4.17. The summed E-state index contributed by atoms with van der Waals surface area (Å²) in [6, 6.07) is 15.6. The molecule has 0 saturated heterocycles. The van der Waals surface area contributed by atoms with Gasteiger partial charge in [0.25, 0.3) is 0 Å². The summed E-state index contributed by atoms with van der Waals surface area (Å²) in [5, 5.41) is 0. The van der Waals surface area contributed by atoms with E-state index < -0.39 is 10.0 Å². The van der Waals surface area contributed by atoms with Crippen molar-refractivity contribution in [2.45, 2.75) is 32.6 Å². The van der Waals surface area contributed by atoms with Crippen molar-refractivity contribution >= 4 is 21.1 Å². The molecule has 2 aromatic carbocycles. The SMILES string of the molecule is Cc1cccc(CS(=O)(=O)NCCCn2c(C)nc3ccccc32)c1. The van der Waals surface area contributed by atoms with Gasteiger partial charge < -0.3 is 4.57 Å². The highest BCUT2D eigenvalue weighted by Crippen LogP contribution is 2.15. The molecule has 3 aromatic rings. The number of sulfonamides is 1. The van der Waals surface area contributed by atoms with Crippen molar-refractivity contribution in [3.63, 3.8) is 0 Å². The molecule has 1 N–H and O–H groups in total. The van der Waals surface area contributed by atoms with Crippen molar-refractivity contribution in [1.29, 1.82) is 0 Å². The van der Waals surface area contributed by atoms with Crippen molar-refractivity contribution in [1.82, 2.24) is 14.3 Å². The Balaban J connectivity index is 1.56. The van der Waals surface area contributed by atoms with E-state index in [0.717, 1.165) is 34.5 Å². The maximum Gasteiger partial charge on any atom is 0.215 e. The lowest BCUT2D eigenvalue weighted by Crippen LogP contribution is -2.27. The van der Waals surface area contributed by atoms with Crippen LogP contribution in [-0.4, -0.2) is 24.5 Å². The fourth-order valence-electron chi connectivity index (χ4n) is 3.02. The predicted octanol–water partition coefficient (Wildman–Crippen LogP) is 3.16. The van der Waals surface area contributed by atoms with Crippen LogP contribution < -0.4 is 4.72 Å². The molecule has 0 radical (unpaired) electrons. The van der Waals surface area contributed by atoms with Crippen LogP contribution in [0.2, 0.25) is 0 Å². The molecular formula is C19H23N3O2S. The molecule has 25 heavy (non-hydrogen) atoms. The zero-order valence-corrected chi connectivity index (χ0v) is 15.4. The second kappa shape index (κ2) is 7.37. The summed E-state index contributed by atoms with van der Waals surface area (Å²) in [4.78, 5) is 4.53. The first kappa shape index (κ1) is 17.6. The van der Waals surface area contributed by atoms with Gasteiger partial charge in [-0.1, -0.05) is 42.0 Å². The lowest BCUT2D eigenvalue weighted by atomic mass is 10.2. The number of aryl methyl sites for hydroxylation is 3. The Kier molecular flexibility index (Phi) is 5.20. The highest BCUT2D eigenvalue weighted by atomic mass is 32.2. The van der Waals surface area contributed by atoms with E-state index in [9.17, 15) is 8.42 Å². The average Bonchev–Trinajstić information content (AvgIpc) is 2.86. The predicted molar refractivity (Wildman–Crippen MR) is 101 cm³/mol. The summed E-state index contributed by atoms with van der Waals surface area (Å²) >= 11 is 0. The summed E-state index contributed by atoms with van der Waals surface area (Å²) in [5.74, 6) is 0.964. The number of para-hydroxylation sites is 2. The van der Waals surface area contributed by atoms with Gasteiger partial charge in [0.1, 0.15) is 5.82 Å². The van der Waals surface area contributed by atoms with E-state index in [1.165, 1.54) is 0 Å². The quantitative estimate of drug-likeness (QED) is 0.661. The maximum absolute atomic E-state index is 12.2. The van der Waals surface area contributed by atoms with E-state index in [0.29, 0.717) is 13.0 Å². The van der Waals surface area contributed by atoms with Gasteiger partial charge in [0, 0.05) is 13.1 Å². The number of aromatic nitrogens is 2. The van der Waals surface area contributed by atoms with Gasteiger partial charge in [-0.3, -0.25) is 0 Å². The monoisotopic (exact) mass is 357 g/mol. The lowest BCUT2D eigenvalue weighted by molar-refractivity contribution is 0.569. The lowest BCUT2D eigenvalue weighted by Gasteiger charge is -2.09. The molecule has 0 unspecified atom stereocenters. The Morgan fingerprint density at radius 3 is 2.68 bits per heavy atom. The van der Waals surface area contributed by atoms with Gasteiger partial charge in [-0.25, -0.2) is 18.1 Å². The molecule has 0 aliphatic heterocycles. The van der Waals surface area contributed by atoms with Gasteiger partial charge in [-0.2, -0.15) is 0 Å². The van der Waals surface area contributed by atoms with Gasteiger partial charge in [0.2, 0.25) is 10.0 Å². The Morgan fingerprint density at radius 1 is 1.08 bits per heavy atom. The Labute approximate surface area is 148 Å². The first-order valence-corrected chi connectivity index (χ1v) is 10.0. The van der Waals surface area contributed by atoms with E-state index in [1.807, 2.05) is 62.4 Å². The zero-order valence-electron chi connectivity index (χ0n) is 14.6. The largest absolute Gasteiger partial charge is 0.328 e. The van der Waals surface area contributed by atoms with Gasteiger partial charge in [0.15, 0.2) is 0 Å². The highest BCUT2D eigenvalue weighted by molar-refractivity contribution is 7.88. The van der Waals surface area contributed by atoms with E-state index in [2.05, 4.69) is 14.3 Å². The van der Waals surface area contributed by atoms with Crippen molar-refractivity contribution in [3.05, 3.63) is 65.5 Å². The summed E-state index contributed by atoms with van der Waals surface area (Å²) in [7, 11) is -3.32. The molecule has 5 nitrogen and oxygen atoms in total. The summed E-state index contributed by atoms with van der Waals surface area (Å²) in [5.41, 5.74) is 3.93. The van der Waals surface area contributed by atoms with Crippen molar-refractivity contribution < 1.29 is 8.42 Å². The smallest absolute Gasteiger partial charge is 0.215 e. The third-order valence-corrected chi connectivity index (χ3v) is 5.52. The van der Waals surface area contributed by atoms with Crippen LogP contribution in [0.25, 0.3) is 11.0 Å². The van der Waals surface area contributed by atoms with E-state index in [-0.39, 0.29) is 5.75 Å². The number of benzene rings is 2. The summed E-state index contributed by atoms with van der Waals surface area (Å²) in [6.07, 6.45) is 0.717. The molecule has 0 fully saturated rings. The van der Waals surface area contributed by atoms with Crippen LogP contribution in [0.15, 0.2) is 48.5 Å². The van der Waals surface area contributed by atoms with Gasteiger partial charge >= 0.3 is 0 Å². The number of fused-ring (bicyclic) bond motifs is 1. The summed E-state index contributed by atoms with van der Waals surface area (Å²) < 4.78 is 29.3. The molecule has 0 aliphatic carbocycles. The number of rotatable bonds is 7. The van der Waals surface area contributed by atoms with E-state index in [4.69, 9.17) is 0 Å². The molecule has 0 spiro atoms. The van der Waals surface area contributed by atoms with Crippen LogP contribution in [-0.2, 0) is 22.3 Å². The van der Waals surface area contributed by atoms with Crippen LogP contribution in [0.3, 0.4) is 0 Å². The molecule has 0 saturated carbocycles. The zero-order chi connectivity index (χ0) is 17.9. The fourth-order valence-corrected chi connectivity index (χ4v) is 4.19. The van der Waals surface area contributed by atoms with Crippen molar-refractivity contribution in [2.24, 2.45) is 0 Å². The van der Waals surface area contributed by atoms with Crippen LogP contribution in [0.1, 0.15) is 23.4 Å². The Bertz CT molecular complexity index is 977. The molecule has 132 valence electrons. The van der Waals surface area contributed by atoms with E-state index in [1.54, 1.807) is 0 Å². The Hall–Kier alpha value is -2.18. The summed E-state index contributed by atoms with van der Waals surface area (Å²) in [6.45, 7) is 5.09. The molecule has 0 aliphatic rings. The topological polar surface area (TPSA) is 64.0 Å². The van der Waals surface area contributed by atoms with Crippen LogP contribution in [0, 0.1) is 13.8 Å². The number of imidazole rings is 1. The number of nitrogens with one attached hydrogen (secondary N) is 1. The molecule has 3 rings (SSSR count). The standard InChI is InChI=1S/C19H23N3O2S/c1-15-7-5-8-17(13-15)14-25(23,24)20-11-6-12-22-16(2)21-18-9-3-4-10-19(18)22/h3-5,7-10,13,20H,6,11-12,14H2,1-2H3. The molecule has 0 bridgehead atoms. The second-order valence-corrected chi connectivity index (χ2v) is 8.10. The molecule has 0 amide bonds. The first-order valence-electron chi connectivity index (χ1n) is 8.39.